The van der Waals surface area contributed by atoms with E-state index in [1.165, 1.54) is 6.92 Å². The van der Waals surface area contributed by atoms with Crippen molar-refractivity contribution in [1.82, 2.24) is 0 Å². The van der Waals surface area contributed by atoms with Crippen molar-refractivity contribution in [1.29, 1.82) is 0 Å². The second-order valence-corrected chi connectivity index (χ2v) is 5.75. The quantitative estimate of drug-likeness (QED) is 0.808. The highest BCUT2D eigenvalue weighted by atomic mass is 32.2. The molecule has 0 aromatic heterocycles. The monoisotopic (exact) mass is 244 g/mol. The van der Waals surface area contributed by atoms with Crippen molar-refractivity contribution in [3.05, 3.63) is 35.4 Å². The summed E-state index contributed by atoms with van der Waals surface area (Å²) in [6, 6.07) is 7.20. The molecular formula is C11H16O4S. The molecule has 4 nitrogen and oxygen atoms in total. The highest BCUT2D eigenvalue weighted by Crippen LogP contribution is 2.21. The Morgan fingerprint density at radius 1 is 1.31 bits per heavy atom. The largest absolute Gasteiger partial charge is 0.383 e. The van der Waals surface area contributed by atoms with Gasteiger partial charge < -0.3 is 5.11 Å². The zero-order chi connectivity index (χ0) is 12.4. The van der Waals surface area contributed by atoms with Gasteiger partial charge >= 0.3 is 0 Å². The van der Waals surface area contributed by atoms with Crippen molar-refractivity contribution in [2.75, 3.05) is 12.9 Å². The topological polar surface area (TPSA) is 63.6 Å². The van der Waals surface area contributed by atoms with Gasteiger partial charge in [0.25, 0.3) is 10.1 Å². The molecule has 5 heteroatoms. The van der Waals surface area contributed by atoms with Crippen LogP contribution in [0.5, 0.6) is 0 Å². The van der Waals surface area contributed by atoms with Gasteiger partial charge in [-0.2, -0.15) is 8.42 Å². The van der Waals surface area contributed by atoms with E-state index < -0.39 is 15.7 Å². The van der Waals surface area contributed by atoms with Crippen molar-refractivity contribution in [3.8, 4) is 0 Å². The van der Waals surface area contributed by atoms with Gasteiger partial charge in [-0.3, -0.25) is 4.18 Å². The van der Waals surface area contributed by atoms with E-state index in [0.29, 0.717) is 5.56 Å². The van der Waals surface area contributed by atoms with E-state index in [9.17, 15) is 13.5 Å². The molecule has 0 aliphatic heterocycles. The molecule has 0 aliphatic carbocycles. The minimum absolute atomic E-state index is 0.283. The van der Waals surface area contributed by atoms with Gasteiger partial charge in [0.2, 0.25) is 0 Å². The molecule has 0 heterocycles. The van der Waals surface area contributed by atoms with Gasteiger partial charge in [-0.05, 0) is 19.4 Å². The van der Waals surface area contributed by atoms with Gasteiger partial charge in [0.05, 0.1) is 12.9 Å². The first-order valence-corrected chi connectivity index (χ1v) is 6.66. The molecule has 1 aromatic carbocycles. The standard InChI is InChI=1S/C11H16O4S/c1-9-4-6-10(7-5-9)11(2,12)8-15-16(3,13)14/h4-7,12H,8H2,1-3H3/t11-/m1/s1. The summed E-state index contributed by atoms with van der Waals surface area (Å²) in [6.45, 7) is 3.17. The normalized spacial score (nSPS) is 15.8. The van der Waals surface area contributed by atoms with Crippen molar-refractivity contribution in [2.24, 2.45) is 0 Å². The summed E-state index contributed by atoms with van der Waals surface area (Å²) in [7, 11) is -3.53. The predicted octanol–water partition coefficient (Wildman–Crippen LogP) is 1.18. The average molecular weight is 244 g/mol. The Balaban J connectivity index is 2.81. The lowest BCUT2D eigenvalue weighted by molar-refractivity contribution is 0.0101. The molecular weight excluding hydrogens is 228 g/mol. The number of aliphatic hydroxyl groups is 1. The zero-order valence-electron chi connectivity index (χ0n) is 9.60. The fourth-order valence-corrected chi connectivity index (χ4v) is 1.66. The first-order chi connectivity index (χ1) is 7.21. The van der Waals surface area contributed by atoms with Crippen LogP contribution in [0.1, 0.15) is 18.1 Å². The Morgan fingerprint density at radius 2 is 1.81 bits per heavy atom. The molecule has 0 fully saturated rings. The van der Waals surface area contributed by atoms with E-state index in [4.69, 9.17) is 0 Å². The third kappa shape index (κ3) is 3.92. The van der Waals surface area contributed by atoms with Crippen molar-refractivity contribution in [3.63, 3.8) is 0 Å². The third-order valence-corrected chi connectivity index (χ3v) is 2.77. The Kier molecular flexibility index (Phi) is 3.72. The van der Waals surface area contributed by atoms with Crippen LogP contribution in [0.2, 0.25) is 0 Å². The summed E-state index contributed by atoms with van der Waals surface area (Å²) in [5.74, 6) is 0. The van der Waals surface area contributed by atoms with Crippen LogP contribution < -0.4 is 0 Å². The van der Waals surface area contributed by atoms with Crippen LogP contribution in [-0.4, -0.2) is 26.4 Å². The van der Waals surface area contributed by atoms with Gasteiger partial charge in [0, 0.05) is 0 Å². The lowest BCUT2D eigenvalue weighted by Crippen LogP contribution is -2.29. The molecule has 90 valence electrons. The maximum Gasteiger partial charge on any atom is 0.264 e. The maximum atomic E-state index is 10.8. The van der Waals surface area contributed by atoms with Crippen molar-refractivity contribution < 1.29 is 17.7 Å². The SMILES string of the molecule is Cc1ccc([C@](C)(O)COS(C)(=O)=O)cc1. The molecule has 0 bridgehead atoms. The van der Waals surface area contributed by atoms with Gasteiger partial charge in [-0.1, -0.05) is 29.8 Å². The number of rotatable bonds is 4. The van der Waals surface area contributed by atoms with E-state index in [0.717, 1.165) is 11.8 Å². The molecule has 0 saturated carbocycles. The van der Waals surface area contributed by atoms with Crippen LogP contribution >= 0.6 is 0 Å². The Morgan fingerprint density at radius 3 is 2.25 bits per heavy atom. The van der Waals surface area contributed by atoms with Crippen LogP contribution in [0.25, 0.3) is 0 Å². The summed E-state index contributed by atoms with van der Waals surface area (Å²) in [6.07, 6.45) is 0.957. The average Bonchev–Trinajstić information content (AvgIpc) is 2.15. The predicted molar refractivity (Wildman–Crippen MR) is 61.5 cm³/mol. The molecule has 1 aromatic rings. The second-order valence-electron chi connectivity index (χ2n) is 4.11. The van der Waals surface area contributed by atoms with Crippen LogP contribution in [0.15, 0.2) is 24.3 Å². The molecule has 1 rings (SSSR count). The van der Waals surface area contributed by atoms with Gasteiger partial charge in [-0.25, -0.2) is 0 Å². The van der Waals surface area contributed by atoms with Gasteiger partial charge in [0.15, 0.2) is 0 Å². The first kappa shape index (κ1) is 13.2. The minimum Gasteiger partial charge on any atom is -0.383 e. The van der Waals surface area contributed by atoms with Crippen LogP contribution in [0.4, 0.5) is 0 Å². The van der Waals surface area contributed by atoms with Crippen molar-refractivity contribution in [2.45, 2.75) is 19.4 Å². The molecule has 0 unspecified atom stereocenters. The first-order valence-electron chi connectivity index (χ1n) is 4.85. The summed E-state index contributed by atoms with van der Waals surface area (Å²) < 4.78 is 26.3. The van der Waals surface area contributed by atoms with E-state index in [-0.39, 0.29) is 6.61 Å². The van der Waals surface area contributed by atoms with Gasteiger partial charge in [0.1, 0.15) is 5.60 Å². The summed E-state index contributed by atoms with van der Waals surface area (Å²) in [4.78, 5) is 0. The smallest absolute Gasteiger partial charge is 0.264 e. The zero-order valence-corrected chi connectivity index (χ0v) is 10.4. The number of hydrogen-bond donors (Lipinski definition) is 1. The maximum absolute atomic E-state index is 10.8. The molecule has 16 heavy (non-hydrogen) atoms. The Labute approximate surface area is 96.0 Å². The lowest BCUT2D eigenvalue weighted by Gasteiger charge is -2.23. The summed E-state index contributed by atoms with van der Waals surface area (Å²) in [5.41, 5.74) is 0.391. The van der Waals surface area contributed by atoms with Gasteiger partial charge in [-0.15, -0.1) is 0 Å². The number of hydrogen-bond acceptors (Lipinski definition) is 4. The Bertz CT molecular complexity index is 445. The minimum atomic E-state index is -3.53. The fraction of sp³-hybridized carbons (Fsp3) is 0.455. The molecule has 0 saturated heterocycles. The van der Waals surface area contributed by atoms with Crippen LogP contribution in [-0.2, 0) is 19.9 Å². The van der Waals surface area contributed by atoms with E-state index in [1.54, 1.807) is 12.1 Å². The van der Waals surface area contributed by atoms with Crippen molar-refractivity contribution >= 4 is 10.1 Å². The molecule has 0 aliphatic rings. The second kappa shape index (κ2) is 4.53. The Hall–Kier alpha value is -0.910. The molecule has 1 N–H and O–H groups in total. The fourth-order valence-electron chi connectivity index (χ4n) is 1.22. The summed E-state index contributed by atoms with van der Waals surface area (Å²) in [5, 5.41) is 10.1. The van der Waals surface area contributed by atoms with E-state index in [1.807, 2.05) is 19.1 Å². The van der Waals surface area contributed by atoms with Crippen LogP contribution in [0.3, 0.4) is 0 Å². The van der Waals surface area contributed by atoms with Crippen LogP contribution in [0, 0.1) is 6.92 Å². The molecule has 0 radical (unpaired) electrons. The van der Waals surface area contributed by atoms with E-state index in [2.05, 4.69) is 4.18 Å². The third-order valence-electron chi connectivity index (χ3n) is 2.23. The highest BCUT2D eigenvalue weighted by molar-refractivity contribution is 7.85. The molecule has 0 spiro atoms. The highest BCUT2D eigenvalue weighted by Gasteiger charge is 2.25. The lowest BCUT2D eigenvalue weighted by atomic mass is 9.96. The number of aryl methyl sites for hydroxylation is 1. The number of benzene rings is 1. The molecule has 1 atom stereocenters. The van der Waals surface area contributed by atoms with E-state index >= 15 is 0 Å². The summed E-state index contributed by atoms with van der Waals surface area (Å²) >= 11 is 0. The molecule has 0 amide bonds.